The first-order valence-corrected chi connectivity index (χ1v) is 6.61. The second kappa shape index (κ2) is 6.55. The highest BCUT2D eigenvalue weighted by Crippen LogP contribution is 2.18. The molecule has 0 heterocycles. The number of nitrogens with one attached hydrogen (secondary N) is 2. The van der Waals surface area contributed by atoms with E-state index in [1.807, 2.05) is 24.3 Å². The van der Waals surface area contributed by atoms with Gasteiger partial charge in [-0.3, -0.25) is 4.79 Å². The first kappa shape index (κ1) is 14.7. The van der Waals surface area contributed by atoms with Crippen molar-refractivity contribution < 1.29 is 4.79 Å². The van der Waals surface area contributed by atoms with Crippen molar-refractivity contribution in [2.45, 2.75) is 52.6 Å². The van der Waals surface area contributed by atoms with Crippen LogP contribution in [0.5, 0.6) is 0 Å². The fourth-order valence-corrected chi connectivity index (χ4v) is 1.79. The third-order valence-corrected chi connectivity index (χ3v) is 3.59. The number of hydrogen-bond donors (Lipinski definition) is 2. The summed E-state index contributed by atoms with van der Waals surface area (Å²) in [6.45, 7) is 8.92. The van der Waals surface area contributed by atoms with E-state index in [2.05, 4.69) is 31.4 Å². The average Bonchev–Trinajstić information content (AvgIpc) is 2.37. The van der Waals surface area contributed by atoms with E-state index < -0.39 is 0 Å². The molecule has 18 heavy (non-hydrogen) atoms. The van der Waals surface area contributed by atoms with Crippen LogP contribution >= 0.6 is 0 Å². The quantitative estimate of drug-likeness (QED) is 0.811. The number of para-hydroxylation sites is 1. The van der Waals surface area contributed by atoms with Crippen LogP contribution in [0.1, 0.15) is 46.1 Å². The molecular formula is C15H24N2O. The van der Waals surface area contributed by atoms with Gasteiger partial charge in [-0.25, -0.2) is 0 Å². The van der Waals surface area contributed by atoms with Gasteiger partial charge >= 0.3 is 0 Å². The van der Waals surface area contributed by atoms with Crippen LogP contribution in [0.25, 0.3) is 0 Å². The first-order valence-electron chi connectivity index (χ1n) is 6.61. The third kappa shape index (κ3) is 4.15. The zero-order valence-electron chi connectivity index (χ0n) is 11.8. The van der Waals surface area contributed by atoms with Crippen LogP contribution in [0.15, 0.2) is 24.3 Å². The lowest BCUT2D eigenvalue weighted by Gasteiger charge is -2.29. The molecule has 0 bridgehead atoms. The predicted octanol–water partition coefficient (Wildman–Crippen LogP) is 3.31. The molecule has 0 unspecified atom stereocenters. The number of hydrogen-bond acceptors (Lipinski definition) is 2. The van der Waals surface area contributed by atoms with Gasteiger partial charge in [0.2, 0.25) is 5.91 Å². The molecule has 0 aromatic heterocycles. The molecule has 0 aliphatic carbocycles. The van der Waals surface area contributed by atoms with Crippen LogP contribution in [0, 0.1) is 0 Å². The van der Waals surface area contributed by atoms with E-state index >= 15 is 0 Å². The molecule has 0 saturated carbocycles. The lowest BCUT2D eigenvalue weighted by atomic mass is 9.95. The zero-order chi connectivity index (χ0) is 13.6. The molecule has 3 heteroatoms. The first-order chi connectivity index (χ1) is 8.50. The Hall–Kier alpha value is -1.35. The summed E-state index contributed by atoms with van der Waals surface area (Å²) in [4.78, 5) is 11.1. The minimum absolute atomic E-state index is 0.0313. The summed E-state index contributed by atoms with van der Waals surface area (Å²) >= 11 is 0. The smallest absolute Gasteiger partial charge is 0.221 e. The normalized spacial score (nSPS) is 11.3. The molecule has 1 aromatic rings. The summed E-state index contributed by atoms with van der Waals surface area (Å²) < 4.78 is 0. The summed E-state index contributed by atoms with van der Waals surface area (Å²) in [6.07, 6.45) is 2.18. The molecule has 0 atom stereocenters. The zero-order valence-corrected chi connectivity index (χ0v) is 11.8. The van der Waals surface area contributed by atoms with Gasteiger partial charge in [-0.2, -0.15) is 0 Å². The third-order valence-electron chi connectivity index (χ3n) is 3.59. The largest absolute Gasteiger partial charge is 0.326 e. The van der Waals surface area contributed by atoms with Crippen molar-refractivity contribution >= 4 is 11.6 Å². The van der Waals surface area contributed by atoms with E-state index in [9.17, 15) is 4.79 Å². The topological polar surface area (TPSA) is 41.1 Å². The van der Waals surface area contributed by atoms with Crippen molar-refractivity contribution in [3.05, 3.63) is 29.8 Å². The van der Waals surface area contributed by atoms with E-state index in [0.717, 1.165) is 30.6 Å². The second-order valence-corrected chi connectivity index (χ2v) is 4.96. The lowest BCUT2D eigenvalue weighted by molar-refractivity contribution is -0.114. The second-order valence-electron chi connectivity index (χ2n) is 4.96. The number of carbonyl (C=O) groups excluding carboxylic acids is 1. The summed E-state index contributed by atoms with van der Waals surface area (Å²) in [5.41, 5.74) is 2.18. The van der Waals surface area contributed by atoms with Gasteiger partial charge in [0.05, 0.1) is 0 Å². The van der Waals surface area contributed by atoms with Crippen molar-refractivity contribution in [2.24, 2.45) is 0 Å². The number of amides is 1. The van der Waals surface area contributed by atoms with E-state index in [-0.39, 0.29) is 11.4 Å². The number of rotatable bonds is 6. The van der Waals surface area contributed by atoms with Crippen molar-refractivity contribution in [3.8, 4) is 0 Å². The standard InChI is InChI=1S/C15H24N2O/c1-5-15(4,6-2)16-11-13-9-7-8-10-14(13)17-12(3)18/h7-10,16H,5-6,11H2,1-4H3,(H,17,18). The van der Waals surface area contributed by atoms with Crippen molar-refractivity contribution in [3.63, 3.8) is 0 Å². The Morgan fingerprint density at radius 1 is 1.22 bits per heavy atom. The summed E-state index contributed by atoms with van der Waals surface area (Å²) in [6, 6.07) is 7.92. The van der Waals surface area contributed by atoms with Crippen LogP contribution < -0.4 is 10.6 Å². The van der Waals surface area contributed by atoms with Crippen LogP contribution in [0.4, 0.5) is 5.69 Å². The molecule has 100 valence electrons. The lowest BCUT2D eigenvalue weighted by Crippen LogP contribution is -2.40. The maximum absolute atomic E-state index is 11.1. The van der Waals surface area contributed by atoms with Crippen molar-refractivity contribution in [1.29, 1.82) is 0 Å². The molecule has 0 spiro atoms. The highest BCUT2D eigenvalue weighted by molar-refractivity contribution is 5.89. The summed E-state index contributed by atoms with van der Waals surface area (Å²) in [5.74, 6) is -0.0313. The summed E-state index contributed by atoms with van der Waals surface area (Å²) in [7, 11) is 0. The molecule has 1 aromatic carbocycles. The van der Waals surface area contributed by atoms with Gasteiger partial charge in [-0.05, 0) is 31.4 Å². The molecule has 0 aliphatic heterocycles. The van der Waals surface area contributed by atoms with E-state index in [1.165, 1.54) is 6.92 Å². The van der Waals surface area contributed by atoms with E-state index in [1.54, 1.807) is 0 Å². The molecule has 1 amide bonds. The Labute approximate surface area is 110 Å². The van der Waals surface area contributed by atoms with Gasteiger partial charge in [0.25, 0.3) is 0 Å². The number of benzene rings is 1. The van der Waals surface area contributed by atoms with Crippen LogP contribution in [0.3, 0.4) is 0 Å². The van der Waals surface area contributed by atoms with Gasteiger partial charge in [0.15, 0.2) is 0 Å². The minimum atomic E-state index is -0.0313. The Morgan fingerprint density at radius 3 is 2.39 bits per heavy atom. The van der Waals surface area contributed by atoms with E-state index in [4.69, 9.17) is 0 Å². The maximum atomic E-state index is 11.1. The predicted molar refractivity (Wildman–Crippen MR) is 76.6 cm³/mol. The molecule has 2 N–H and O–H groups in total. The highest BCUT2D eigenvalue weighted by Gasteiger charge is 2.18. The average molecular weight is 248 g/mol. The molecule has 0 aliphatic rings. The number of carbonyl (C=O) groups is 1. The maximum Gasteiger partial charge on any atom is 0.221 e. The van der Waals surface area contributed by atoms with E-state index in [0.29, 0.717) is 0 Å². The van der Waals surface area contributed by atoms with Crippen LogP contribution in [-0.2, 0) is 11.3 Å². The monoisotopic (exact) mass is 248 g/mol. The van der Waals surface area contributed by atoms with Gasteiger partial charge in [0.1, 0.15) is 0 Å². The van der Waals surface area contributed by atoms with Gasteiger partial charge in [-0.1, -0.05) is 32.0 Å². The molecule has 0 radical (unpaired) electrons. The Bertz CT molecular complexity index is 397. The fraction of sp³-hybridized carbons (Fsp3) is 0.533. The molecule has 0 fully saturated rings. The van der Waals surface area contributed by atoms with Crippen molar-refractivity contribution in [1.82, 2.24) is 5.32 Å². The van der Waals surface area contributed by atoms with Gasteiger partial charge in [-0.15, -0.1) is 0 Å². The van der Waals surface area contributed by atoms with Crippen LogP contribution in [0.2, 0.25) is 0 Å². The highest BCUT2D eigenvalue weighted by atomic mass is 16.1. The van der Waals surface area contributed by atoms with Crippen molar-refractivity contribution in [2.75, 3.05) is 5.32 Å². The molecule has 1 rings (SSSR count). The Kier molecular flexibility index (Phi) is 5.35. The molecule has 3 nitrogen and oxygen atoms in total. The Balaban J connectivity index is 2.75. The number of anilines is 1. The summed E-state index contributed by atoms with van der Waals surface area (Å²) in [5, 5.41) is 6.44. The molecular weight excluding hydrogens is 224 g/mol. The fourth-order valence-electron chi connectivity index (χ4n) is 1.79. The van der Waals surface area contributed by atoms with Gasteiger partial charge < -0.3 is 10.6 Å². The van der Waals surface area contributed by atoms with Gasteiger partial charge in [0, 0.05) is 24.7 Å². The molecule has 0 saturated heterocycles. The Morgan fingerprint density at radius 2 is 1.83 bits per heavy atom. The minimum Gasteiger partial charge on any atom is -0.326 e. The van der Waals surface area contributed by atoms with Crippen LogP contribution in [-0.4, -0.2) is 11.4 Å². The SMILES string of the molecule is CCC(C)(CC)NCc1ccccc1NC(C)=O.